The molecule has 1 aliphatic carbocycles. The number of aromatic nitrogens is 6. The van der Waals surface area contributed by atoms with Crippen LogP contribution >= 0.6 is 0 Å². The summed E-state index contributed by atoms with van der Waals surface area (Å²) in [6.07, 6.45) is 6.97. The first kappa shape index (κ1) is 20.2. The molecule has 0 radical (unpaired) electrons. The molecule has 1 N–H and O–H groups in total. The van der Waals surface area contributed by atoms with E-state index >= 15 is 0 Å². The lowest BCUT2D eigenvalue weighted by Gasteiger charge is -2.25. The molecular formula is C24H28N8O. The van der Waals surface area contributed by atoms with E-state index in [0.717, 1.165) is 38.0 Å². The van der Waals surface area contributed by atoms with Crippen LogP contribution < -0.4 is 10.9 Å². The van der Waals surface area contributed by atoms with Crippen molar-refractivity contribution in [2.75, 3.05) is 18.9 Å². The van der Waals surface area contributed by atoms with Crippen LogP contribution in [-0.4, -0.2) is 47.6 Å². The first-order valence-electron chi connectivity index (χ1n) is 11.6. The minimum Gasteiger partial charge on any atom is -0.324 e. The van der Waals surface area contributed by atoms with Crippen LogP contribution in [0.1, 0.15) is 49.9 Å². The molecule has 9 heteroatoms. The minimum absolute atomic E-state index is 0.0492. The van der Waals surface area contributed by atoms with Gasteiger partial charge in [0.05, 0.1) is 6.04 Å². The van der Waals surface area contributed by atoms with E-state index in [1.807, 2.05) is 35.5 Å². The van der Waals surface area contributed by atoms with Gasteiger partial charge in [0.2, 0.25) is 5.95 Å². The number of nitrogens with one attached hydrogen (secondary N) is 1. The third-order valence-corrected chi connectivity index (χ3v) is 6.51. The van der Waals surface area contributed by atoms with E-state index in [9.17, 15) is 4.79 Å². The van der Waals surface area contributed by atoms with Crippen molar-refractivity contribution in [1.29, 1.82) is 0 Å². The number of benzene rings is 1. The zero-order valence-electron chi connectivity index (χ0n) is 19.2. The standard InChI is InChI=1S/C24H28N8O/c1-15(2)31-23(33)20-13-25-24(26-18-5-4-16-8-10-29(3)14-17(16)12-18)27-22(20)32(31)21-9-11-30(28-21)19-6-7-19/h4-5,9,11-13,15,19H,6-8,10,14H2,1-3H3,(H,25,26,27). The van der Waals surface area contributed by atoms with Crippen molar-refractivity contribution in [2.24, 2.45) is 0 Å². The van der Waals surface area contributed by atoms with Gasteiger partial charge in [-0.1, -0.05) is 6.07 Å². The lowest BCUT2D eigenvalue weighted by atomic mass is 9.99. The Labute approximate surface area is 191 Å². The van der Waals surface area contributed by atoms with Crippen LogP contribution in [0, 0.1) is 0 Å². The molecule has 4 heterocycles. The normalized spacial score (nSPS) is 16.5. The Bertz CT molecular complexity index is 1410. The molecule has 1 saturated carbocycles. The molecule has 170 valence electrons. The molecule has 0 bridgehead atoms. The Balaban J connectivity index is 1.42. The fourth-order valence-electron chi connectivity index (χ4n) is 4.63. The monoisotopic (exact) mass is 444 g/mol. The summed E-state index contributed by atoms with van der Waals surface area (Å²) in [6, 6.07) is 8.79. The fourth-order valence-corrected chi connectivity index (χ4v) is 4.63. The maximum absolute atomic E-state index is 13.2. The quantitative estimate of drug-likeness (QED) is 0.508. The van der Waals surface area contributed by atoms with Crippen LogP contribution in [0.15, 0.2) is 41.5 Å². The van der Waals surface area contributed by atoms with Crippen LogP contribution in [0.2, 0.25) is 0 Å². The summed E-state index contributed by atoms with van der Waals surface area (Å²) in [5, 5.41) is 8.58. The van der Waals surface area contributed by atoms with E-state index in [4.69, 9.17) is 10.1 Å². The predicted molar refractivity (Wildman–Crippen MR) is 127 cm³/mol. The number of rotatable bonds is 5. The maximum Gasteiger partial charge on any atom is 0.278 e. The van der Waals surface area contributed by atoms with Gasteiger partial charge >= 0.3 is 0 Å². The second-order valence-corrected chi connectivity index (χ2v) is 9.47. The molecule has 33 heavy (non-hydrogen) atoms. The molecule has 1 aromatic carbocycles. The van der Waals surface area contributed by atoms with E-state index in [0.29, 0.717) is 28.8 Å². The number of hydrogen-bond donors (Lipinski definition) is 1. The molecule has 3 aromatic heterocycles. The fraction of sp³-hybridized carbons (Fsp3) is 0.417. The van der Waals surface area contributed by atoms with Crippen molar-refractivity contribution in [2.45, 2.75) is 51.7 Å². The third-order valence-electron chi connectivity index (χ3n) is 6.51. The molecular weight excluding hydrogens is 416 g/mol. The SMILES string of the molecule is CC(C)n1c(=O)c2cnc(Nc3ccc4c(c3)CN(C)CC4)nc2n1-c1ccn(C2CC2)n1. The summed E-state index contributed by atoms with van der Waals surface area (Å²) < 4.78 is 5.52. The summed E-state index contributed by atoms with van der Waals surface area (Å²) in [5.41, 5.74) is 4.11. The predicted octanol–water partition coefficient (Wildman–Crippen LogP) is 3.43. The van der Waals surface area contributed by atoms with Gasteiger partial charge in [0, 0.05) is 43.3 Å². The molecule has 0 unspecified atom stereocenters. The maximum atomic E-state index is 13.2. The number of nitrogens with zero attached hydrogens (tertiary/aromatic N) is 7. The smallest absolute Gasteiger partial charge is 0.278 e. The Hall–Kier alpha value is -3.46. The first-order chi connectivity index (χ1) is 16.0. The Morgan fingerprint density at radius 2 is 2.00 bits per heavy atom. The number of anilines is 2. The summed E-state index contributed by atoms with van der Waals surface area (Å²) in [6.45, 7) is 6.00. The number of hydrogen-bond acceptors (Lipinski definition) is 6. The molecule has 1 fully saturated rings. The topological polar surface area (TPSA) is 85.8 Å². The van der Waals surface area contributed by atoms with E-state index in [1.165, 1.54) is 11.1 Å². The lowest BCUT2D eigenvalue weighted by molar-refractivity contribution is 0.313. The van der Waals surface area contributed by atoms with Gasteiger partial charge in [0.15, 0.2) is 11.5 Å². The van der Waals surface area contributed by atoms with Crippen LogP contribution in [-0.2, 0) is 13.0 Å². The molecule has 0 amide bonds. The highest BCUT2D eigenvalue weighted by Crippen LogP contribution is 2.34. The van der Waals surface area contributed by atoms with Crippen molar-refractivity contribution in [3.05, 3.63) is 58.1 Å². The highest BCUT2D eigenvalue weighted by atomic mass is 16.1. The molecule has 1 aliphatic heterocycles. The van der Waals surface area contributed by atoms with Gasteiger partial charge in [-0.25, -0.2) is 14.3 Å². The zero-order chi connectivity index (χ0) is 22.7. The Morgan fingerprint density at radius 3 is 2.79 bits per heavy atom. The van der Waals surface area contributed by atoms with E-state index in [1.54, 1.807) is 10.9 Å². The first-order valence-corrected chi connectivity index (χ1v) is 11.6. The number of likely N-dealkylation sites (N-methyl/N-ethyl adjacent to an activating group) is 1. The lowest BCUT2D eigenvalue weighted by Crippen LogP contribution is -2.26. The molecule has 9 nitrogen and oxygen atoms in total. The van der Waals surface area contributed by atoms with Crippen molar-refractivity contribution in [1.82, 2.24) is 34.0 Å². The van der Waals surface area contributed by atoms with E-state index < -0.39 is 0 Å². The highest BCUT2D eigenvalue weighted by molar-refractivity contribution is 5.77. The minimum atomic E-state index is -0.107. The second-order valence-electron chi connectivity index (χ2n) is 9.47. The van der Waals surface area contributed by atoms with Gasteiger partial charge in [-0.15, -0.1) is 0 Å². The van der Waals surface area contributed by atoms with Crippen LogP contribution in [0.5, 0.6) is 0 Å². The van der Waals surface area contributed by atoms with Gasteiger partial charge in [0.25, 0.3) is 5.56 Å². The van der Waals surface area contributed by atoms with Gasteiger partial charge in [0.1, 0.15) is 5.39 Å². The molecule has 6 rings (SSSR count). The summed E-state index contributed by atoms with van der Waals surface area (Å²) in [4.78, 5) is 24.7. The van der Waals surface area contributed by atoms with Gasteiger partial charge in [-0.3, -0.25) is 9.48 Å². The molecule has 2 aliphatic rings. The van der Waals surface area contributed by atoms with Crippen LogP contribution in [0.4, 0.5) is 11.6 Å². The highest BCUT2D eigenvalue weighted by Gasteiger charge is 2.26. The van der Waals surface area contributed by atoms with Crippen molar-refractivity contribution in [3.8, 4) is 5.82 Å². The zero-order valence-corrected chi connectivity index (χ0v) is 19.2. The Morgan fingerprint density at radius 1 is 1.15 bits per heavy atom. The van der Waals surface area contributed by atoms with Crippen molar-refractivity contribution >= 4 is 22.7 Å². The Kier molecular flexibility index (Phi) is 4.62. The average molecular weight is 445 g/mol. The van der Waals surface area contributed by atoms with Crippen LogP contribution in [0.25, 0.3) is 16.9 Å². The molecule has 0 spiro atoms. The largest absolute Gasteiger partial charge is 0.324 e. The van der Waals surface area contributed by atoms with Gasteiger partial charge < -0.3 is 10.2 Å². The molecule has 0 atom stereocenters. The summed E-state index contributed by atoms with van der Waals surface area (Å²) in [5.74, 6) is 1.16. The molecule has 4 aromatic rings. The van der Waals surface area contributed by atoms with E-state index in [2.05, 4.69) is 40.4 Å². The third kappa shape index (κ3) is 3.52. The summed E-state index contributed by atoms with van der Waals surface area (Å²) >= 11 is 0. The number of fused-ring (bicyclic) bond motifs is 2. The van der Waals surface area contributed by atoms with Crippen molar-refractivity contribution < 1.29 is 0 Å². The average Bonchev–Trinajstić information content (AvgIpc) is 3.45. The van der Waals surface area contributed by atoms with Crippen molar-refractivity contribution in [3.63, 3.8) is 0 Å². The van der Waals surface area contributed by atoms with Crippen LogP contribution in [0.3, 0.4) is 0 Å². The van der Waals surface area contributed by atoms with Gasteiger partial charge in [-0.2, -0.15) is 10.1 Å². The second kappa shape index (κ2) is 7.55. The molecule has 0 saturated heterocycles. The van der Waals surface area contributed by atoms with E-state index in [-0.39, 0.29) is 11.6 Å². The summed E-state index contributed by atoms with van der Waals surface area (Å²) in [7, 11) is 2.14. The van der Waals surface area contributed by atoms with Gasteiger partial charge in [-0.05, 0) is 63.4 Å².